The van der Waals surface area contributed by atoms with Crippen molar-refractivity contribution in [3.8, 4) is 0 Å². The molecule has 0 saturated heterocycles. The van der Waals surface area contributed by atoms with Crippen LogP contribution in [0, 0.1) is 5.92 Å². The highest BCUT2D eigenvalue weighted by Crippen LogP contribution is 2.21. The lowest BCUT2D eigenvalue weighted by molar-refractivity contribution is 0.0220. The molecule has 102 valence electrons. The number of hydrogen-bond donors (Lipinski definition) is 1. The zero-order valence-electron chi connectivity index (χ0n) is 11.6. The van der Waals surface area contributed by atoms with Crippen LogP contribution in [0.5, 0.6) is 0 Å². The van der Waals surface area contributed by atoms with Gasteiger partial charge in [-0.15, -0.1) is 0 Å². The number of aromatic amines is 1. The Kier molecular flexibility index (Phi) is 6.47. The first-order valence-electron chi connectivity index (χ1n) is 6.90. The van der Waals surface area contributed by atoms with Crippen LogP contribution in [0.3, 0.4) is 0 Å². The van der Waals surface area contributed by atoms with Crippen molar-refractivity contribution in [2.75, 3.05) is 0 Å². The molecule has 1 rings (SSSR count). The number of aromatic nitrogens is 2. The second kappa shape index (κ2) is 7.90. The fourth-order valence-electron chi connectivity index (χ4n) is 2.15. The third kappa shape index (κ3) is 4.51. The molecule has 1 N–H and O–H groups in total. The number of imidazole rings is 1. The van der Waals surface area contributed by atoms with E-state index in [4.69, 9.17) is 4.74 Å². The quantitative estimate of drug-likeness (QED) is 0.720. The largest absolute Gasteiger partial charge is 0.458 e. The number of nitrogens with one attached hydrogen (secondary N) is 1. The van der Waals surface area contributed by atoms with Crippen LogP contribution in [0.15, 0.2) is 12.5 Å². The van der Waals surface area contributed by atoms with E-state index in [2.05, 4.69) is 30.7 Å². The van der Waals surface area contributed by atoms with Gasteiger partial charge in [-0.1, -0.05) is 40.0 Å². The minimum atomic E-state index is -0.300. The van der Waals surface area contributed by atoms with Gasteiger partial charge < -0.3 is 9.72 Å². The maximum atomic E-state index is 11.8. The van der Waals surface area contributed by atoms with Crippen LogP contribution in [0.25, 0.3) is 0 Å². The molecule has 1 aromatic rings. The van der Waals surface area contributed by atoms with E-state index in [9.17, 15) is 4.79 Å². The molecule has 1 aromatic heterocycles. The minimum absolute atomic E-state index is 0.0114. The number of hydrogen-bond acceptors (Lipinski definition) is 3. The van der Waals surface area contributed by atoms with Gasteiger partial charge in [0.25, 0.3) is 0 Å². The van der Waals surface area contributed by atoms with Crippen LogP contribution < -0.4 is 0 Å². The van der Waals surface area contributed by atoms with Crippen molar-refractivity contribution in [3.63, 3.8) is 0 Å². The second-order valence-corrected chi connectivity index (χ2v) is 4.70. The van der Waals surface area contributed by atoms with E-state index in [-0.39, 0.29) is 12.1 Å². The summed E-state index contributed by atoms with van der Waals surface area (Å²) in [6, 6.07) is 0. The van der Waals surface area contributed by atoms with Gasteiger partial charge in [-0.25, -0.2) is 9.78 Å². The number of rotatable bonds is 8. The van der Waals surface area contributed by atoms with E-state index < -0.39 is 0 Å². The lowest BCUT2D eigenvalue weighted by atomic mass is 9.93. The number of esters is 1. The summed E-state index contributed by atoms with van der Waals surface area (Å²) in [4.78, 5) is 18.4. The molecule has 0 aliphatic heterocycles. The molecule has 0 aliphatic rings. The predicted octanol–water partition coefficient (Wildman–Crippen LogP) is 3.56. The average molecular weight is 252 g/mol. The third-order valence-corrected chi connectivity index (χ3v) is 3.32. The summed E-state index contributed by atoms with van der Waals surface area (Å²) < 4.78 is 5.51. The molecule has 0 spiro atoms. The monoisotopic (exact) mass is 252 g/mol. The Morgan fingerprint density at radius 1 is 1.39 bits per heavy atom. The fraction of sp³-hybridized carbons (Fsp3) is 0.714. The van der Waals surface area contributed by atoms with E-state index in [1.807, 2.05) is 0 Å². The van der Waals surface area contributed by atoms with Crippen molar-refractivity contribution in [1.82, 2.24) is 9.97 Å². The first-order chi connectivity index (χ1) is 8.71. The molecule has 0 saturated carbocycles. The Labute approximate surface area is 109 Å². The van der Waals surface area contributed by atoms with Gasteiger partial charge in [0.15, 0.2) is 0 Å². The number of H-pyrrole nitrogens is 1. The number of carbonyl (C=O) groups is 1. The highest BCUT2D eigenvalue weighted by molar-refractivity contribution is 5.86. The molecule has 0 amide bonds. The molecule has 0 aromatic carbocycles. The molecular formula is C14H24N2O2. The van der Waals surface area contributed by atoms with Crippen LogP contribution in [-0.2, 0) is 4.74 Å². The number of carbonyl (C=O) groups excluding carboxylic acids is 1. The second-order valence-electron chi connectivity index (χ2n) is 4.70. The fourth-order valence-corrected chi connectivity index (χ4v) is 2.15. The van der Waals surface area contributed by atoms with Gasteiger partial charge in [-0.3, -0.25) is 0 Å². The van der Waals surface area contributed by atoms with Gasteiger partial charge in [0.05, 0.1) is 12.5 Å². The first kappa shape index (κ1) is 14.7. The summed E-state index contributed by atoms with van der Waals surface area (Å²) in [5, 5.41) is 0. The Hall–Kier alpha value is -1.32. The Morgan fingerprint density at radius 3 is 2.67 bits per heavy atom. The lowest BCUT2D eigenvalue weighted by Gasteiger charge is -2.21. The zero-order chi connectivity index (χ0) is 13.4. The smallest absolute Gasteiger partial charge is 0.356 e. The summed E-state index contributed by atoms with van der Waals surface area (Å²) >= 11 is 0. The SMILES string of the molecule is CCCC(CC)CC(CC)OC(=O)c1cnc[nH]1. The minimum Gasteiger partial charge on any atom is -0.458 e. The maximum Gasteiger partial charge on any atom is 0.356 e. The van der Waals surface area contributed by atoms with E-state index in [1.165, 1.54) is 25.4 Å². The van der Waals surface area contributed by atoms with E-state index in [1.54, 1.807) is 0 Å². The highest BCUT2D eigenvalue weighted by Gasteiger charge is 2.18. The van der Waals surface area contributed by atoms with Crippen molar-refractivity contribution in [2.24, 2.45) is 5.92 Å². The van der Waals surface area contributed by atoms with Crippen LogP contribution >= 0.6 is 0 Å². The average Bonchev–Trinajstić information content (AvgIpc) is 2.90. The highest BCUT2D eigenvalue weighted by atomic mass is 16.5. The van der Waals surface area contributed by atoms with Crippen LogP contribution in [0.1, 0.15) is 63.4 Å². The van der Waals surface area contributed by atoms with Gasteiger partial charge in [-0.05, 0) is 18.8 Å². The Morgan fingerprint density at radius 2 is 2.17 bits per heavy atom. The molecule has 2 unspecified atom stereocenters. The standard InChI is InChI=1S/C14H24N2O2/c1-4-7-11(5-2)8-12(6-3)18-14(17)13-9-15-10-16-13/h9-12H,4-8H2,1-3H3,(H,15,16). The number of nitrogens with zero attached hydrogens (tertiary/aromatic N) is 1. The molecule has 0 aliphatic carbocycles. The maximum absolute atomic E-state index is 11.8. The molecule has 0 fully saturated rings. The summed E-state index contributed by atoms with van der Waals surface area (Å²) in [6.45, 7) is 6.45. The van der Waals surface area contributed by atoms with Gasteiger partial charge >= 0.3 is 5.97 Å². The molecule has 4 heteroatoms. The zero-order valence-corrected chi connectivity index (χ0v) is 11.6. The molecule has 1 heterocycles. The van der Waals surface area contributed by atoms with Crippen LogP contribution in [0.4, 0.5) is 0 Å². The predicted molar refractivity (Wildman–Crippen MR) is 71.4 cm³/mol. The van der Waals surface area contributed by atoms with Crippen molar-refractivity contribution in [3.05, 3.63) is 18.2 Å². The van der Waals surface area contributed by atoms with Crippen molar-refractivity contribution < 1.29 is 9.53 Å². The van der Waals surface area contributed by atoms with Crippen molar-refractivity contribution >= 4 is 5.97 Å². The Balaban J connectivity index is 2.48. The Bertz CT molecular complexity index is 336. The van der Waals surface area contributed by atoms with Crippen molar-refractivity contribution in [2.45, 2.75) is 59.0 Å². The van der Waals surface area contributed by atoms with Gasteiger partial charge in [-0.2, -0.15) is 0 Å². The van der Waals surface area contributed by atoms with Gasteiger partial charge in [0.1, 0.15) is 11.8 Å². The first-order valence-corrected chi connectivity index (χ1v) is 6.90. The summed E-state index contributed by atoms with van der Waals surface area (Å²) in [5.74, 6) is 0.347. The molecule has 0 radical (unpaired) electrons. The molecule has 2 atom stereocenters. The lowest BCUT2D eigenvalue weighted by Crippen LogP contribution is -2.21. The van der Waals surface area contributed by atoms with E-state index in [0.717, 1.165) is 19.3 Å². The normalized spacial score (nSPS) is 14.2. The van der Waals surface area contributed by atoms with Crippen LogP contribution in [0.2, 0.25) is 0 Å². The number of ether oxygens (including phenoxy) is 1. The summed E-state index contributed by atoms with van der Waals surface area (Å²) in [7, 11) is 0. The van der Waals surface area contributed by atoms with E-state index >= 15 is 0 Å². The van der Waals surface area contributed by atoms with Crippen LogP contribution in [-0.4, -0.2) is 22.0 Å². The third-order valence-electron chi connectivity index (χ3n) is 3.32. The van der Waals surface area contributed by atoms with Crippen molar-refractivity contribution in [1.29, 1.82) is 0 Å². The summed E-state index contributed by atoms with van der Waals surface area (Å²) in [6.07, 6.45) is 8.35. The summed E-state index contributed by atoms with van der Waals surface area (Å²) in [5.41, 5.74) is 0.428. The molecule has 0 bridgehead atoms. The van der Waals surface area contributed by atoms with Gasteiger partial charge in [0.2, 0.25) is 0 Å². The topological polar surface area (TPSA) is 55.0 Å². The molecular weight excluding hydrogens is 228 g/mol. The molecule has 18 heavy (non-hydrogen) atoms. The van der Waals surface area contributed by atoms with Gasteiger partial charge in [0, 0.05) is 0 Å². The molecule has 4 nitrogen and oxygen atoms in total. The van der Waals surface area contributed by atoms with E-state index in [0.29, 0.717) is 11.6 Å².